The topological polar surface area (TPSA) is 114 Å². The molecule has 0 heterocycles. The highest BCUT2D eigenvalue weighted by Gasteiger charge is 2.27. The molecule has 0 aliphatic carbocycles. The molecule has 132 valence electrons. The van der Waals surface area contributed by atoms with Crippen LogP contribution < -0.4 is 21.1 Å². The van der Waals surface area contributed by atoms with Crippen molar-refractivity contribution in [1.29, 1.82) is 0 Å². The molecule has 2 aromatic carbocycles. The van der Waals surface area contributed by atoms with Crippen LogP contribution in [0.1, 0.15) is 24.2 Å². The molecule has 1 atom stereocenters. The predicted octanol–water partition coefficient (Wildman–Crippen LogP) is 1.25. The summed E-state index contributed by atoms with van der Waals surface area (Å²) in [6.07, 6.45) is -1.17. The molecular weight excluding hydrogens is 322 g/mol. The van der Waals surface area contributed by atoms with E-state index in [-0.39, 0.29) is 0 Å². The first-order valence-corrected chi connectivity index (χ1v) is 7.67. The summed E-state index contributed by atoms with van der Waals surface area (Å²) in [4.78, 5) is 24.3. The van der Waals surface area contributed by atoms with E-state index in [2.05, 4.69) is 10.6 Å². The van der Waals surface area contributed by atoms with Gasteiger partial charge in [-0.15, -0.1) is 0 Å². The Balaban J connectivity index is 2.14. The lowest BCUT2D eigenvalue weighted by Gasteiger charge is -2.25. The molecule has 0 saturated carbocycles. The molecule has 0 fully saturated rings. The Labute approximate surface area is 145 Å². The Morgan fingerprint density at radius 3 is 2.20 bits per heavy atom. The number of nitrogens with two attached hydrogens (primary N) is 1. The van der Waals surface area contributed by atoms with Gasteiger partial charge < -0.3 is 20.9 Å². The van der Waals surface area contributed by atoms with Crippen molar-refractivity contribution in [3.8, 4) is 5.75 Å². The maximum absolute atomic E-state index is 12.3. The van der Waals surface area contributed by atoms with Crippen LogP contribution in [0.15, 0.2) is 54.6 Å². The maximum atomic E-state index is 12.3. The number of hydrogen-bond donors (Lipinski definition) is 4. The zero-order chi connectivity index (χ0) is 18.4. The highest BCUT2D eigenvalue weighted by molar-refractivity contribution is 5.94. The largest absolute Gasteiger partial charge is 0.452 e. The van der Waals surface area contributed by atoms with Gasteiger partial charge in [0.25, 0.3) is 18.2 Å². The fourth-order valence-electron chi connectivity index (χ4n) is 1.87. The van der Waals surface area contributed by atoms with E-state index in [0.717, 1.165) is 0 Å². The third-order valence-corrected chi connectivity index (χ3v) is 3.25. The first-order valence-electron chi connectivity index (χ1n) is 7.67. The van der Waals surface area contributed by atoms with Crippen LogP contribution in [0, 0.1) is 0 Å². The van der Waals surface area contributed by atoms with Gasteiger partial charge in [-0.2, -0.15) is 0 Å². The Morgan fingerprint density at radius 2 is 1.64 bits per heavy atom. The lowest BCUT2D eigenvalue weighted by Crippen LogP contribution is -2.56. The van der Waals surface area contributed by atoms with Gasteiger partial charge in [-0.3, -0.25) is 14.9 Å². The molecule has 7 heteroatoms. The number of anilines is 1. The standard InChI is InChI=1S/C18H21N3O4/c1-18(2,24)16(23)21-17(25-14-10-8-13(19)9-11-14)20-15(22)12-6-4-3-5-7-12/h3-11,17,24H,19H2,1-2H3,(H,20,22)(H,21,23). The Hall–Kier alpha value is -3.06. The monoisotopic (exact) mass is 343 g/mol. The number of hydrogen-bond acceptors (Lipinski definition) is 5. The molecule has 1 unspecified atom stereocenters. The number of benzene rings is 2. The molecule has 25 heavy (non-hydrogen) atoms. The lowest BCUT2D eigenvalue weighted by molar-refractivity contribution is -0.139. The second-order valence-corrected chi connectivity index (χ2v) is 5.94. The fraction of sp³-hybridized carbons (Fsp3) is 0.222. The molecule has 0 radical (unpaired) electrons. The molecule has 0 bridgehead atoms. The number of amides is 2. The summed E-state index contributed by atoms with van der Waals surface area (Å²) in [5, 5.41) is 14.8. The van der Waals surface area contributed by atoms with Crippen molar-refractivity contribution >= 4 is 17.5 Å². The molecule has 0 aromatic heterocycles. The Morgan fingerprint density at radius 1 is 1.04 bits per heavy atom. The first kappa shape index (κ1) is 18.3. The molecule has 7 nitrogen and oxygen atoms in total. The van der Waals surface area contributed by atoms with E-state index < -0.39 is 23.8 Å². The first-order chi connectivity index (χ1) is 11.8. The Kier molecular flexibility index (Phi) is 5.61. The maximum Gasteiger partial charge on any atom is 0.255 e. The van der Waals surface area contributed by atoms with Crippen molar-refractivity contribution in [3.63, 3.8) is 0 Å². The van der Waals surface area contributed by atoms with Gasteiger partial charge in [0, 0.05) is 11.3 Å². The molecule has 5 N–H and O–H groups in total. The quantitative estimate of drug-likeness (QED) is 0.466. The van der Waals surface area contributed by atoms with Crippen LogP contribution in [0.4, 0.5) is 5.69 Å². The van der Waals surface area contributed by atoms with Gasteiger partial charge in [-0.25, -0.2) is 0 Å². The summed E-state index contributed by atoms with van der Waals surface area (Å²) < 4.78 is 5.60. The molecule has 2 amide bonds. The third-order valence-electron chi connectivity index (χ3n) is 3.25. The summed E-state index contributed by atoms with van der Waals surface area (Å²) >= 11 is 0. The van der Waals surface area contributed by atoms with Gasteiger partial charge >= 0.3 is 0 Å². The lowest BCUT2D eigenvalue weighted by atomic mass is 10.1. The van der Waals surface area contributed by atoms with E-state index in [1.807, 2.05) is 0 Å². The van der Waals surface area contributed by atoms with Crippen molar-refractivity contribution in [3.05, 3.63) is 60.2 Å². The van der Waals surface area contributed by atoms with Gasteiger partial charge in [0.15, 0.2) is 0 Å². The molecule has 0 spiro atoms. The highest BCUT2D eigenvalue weighted by atomic mass is 16.5. The minimum absolute atomic E-state index is 0.392. The molecule has 0 aliphatic heterocycles. The van der Waals surface area contributed by atoms with Crippen LogP contribution in [-0.2, 0) is 4.79 Å². The minimum Gasteiger partial charge on any atom is -0.452 e. The second kappa shape index (κ2) is 7.67. The third kappa shape index (κ3) is 5.50. The number of carbonyl (C=O) groups excluding carboxylic acids is 2. The predicted molar refractivity (Wildman–Crippen MR) is 93.6 cm³/mol. The van der Waals surface area contributed by atoms with E-state index in [1.54, 1.807) is 54.6 Å². The van der Waals surface area contributed by atoms with Crippen molar-refractivity contribution < 1.29 is 19.4 Å². The van der Waals surface area contributed by atoms with Crippen LogP contribution >= 0.6 is 0 Å². The number of ether oxygens (including phenoxy) is 1. The molecule has 0 aliphatic rings. The number of nitrogens with one attached hydrogen (secondary N) is 2. The molecule has 0 saturated heterocycles. The summed E-state index contributed by atoms with van der Waals surface area (Å²) in [7, 11) is 0. The Bertz CT molecular complexity index is 724. The number of nitrogen functional groups attached to an aromatic ring is 1. The molecule has 2 rings (SSSR count). The second-order valence-electron chi connectivity index (χ2n) is 5.94. The van der Waals surface area contributed by atoms with Gasteiger partial charge in [0.05, 0.1) is 0 Å². The smallest absolute Gasteiger partial charge is 0.255 e. The van der Waals surface area contributed by atoms with Gasteiger partial charge in [0.1, 0.15) is 11.4 Å². The van der Waals surface area contributed by atoms with Crippen molar-refractivity contribution in [1.82, 2.24) is 10.6 Å². The number of carbonyl (C=O) groups is 2. The van der Waals surface area contributed by atoms with E-state index in [9.17, 15) is 14.7 Å². The van der Waals surface area contributed by atoms with E-state index in [0.29, 0.717) is 17.0 Å². The van der Waals surface area contributed by atoms with Crippen molar-refractivity contribution in [2.24, 2.45) is 0 Å². The normalized spacial score (nSPS) is 12.1. The number of rotatable bonds is 6. The molecule has 2 aromatic rings. The van der Waals surface area contributed by atoms with Crippen LogP contribution in [-0.4, -0.2) is 28.9 Å². The average Bonchev–Trinajstić information content (AvgIpc) is 2.56. The van der Waals surface area contributed by atoms with Gasteiger partial charge in [-0.1, -0.05) is 18.2 Å². The zero-order valence-corrected chi connectivity index (χ0v) is 14.0. The van der Waals surface area contributed by atoms with Gasteiger partial charge in [-0.05, 0) is 50.2 Å². The average molecular weight is 343 g/mol. The highest BCUT2D eigenvalue weighted by Crippen LogP contribution is 2.14. The van der Waals surface area contributed by atoms with E-state index in [4.69, 9.17) is 10.5 Å². The summed E-state index contributed by atoms with van der Waals surface area (Å²) in [5.41, 5.74) is 4.96. The fourth-order valence-corrected chi connectivity index (χ4v) is 1.87. The minimum atomic E-state index is -1.62. The number of aliphatic hydroxyl groups is 1. The summed E-state index contributed by atoms with van der Waals surface area (Å²) in [5.74, 6) is -0.734. The van der Waals surface area contributed by atoms with Crippen molar-refractivity contribution in [2.45, 2.75) is 25.8 Å². The SMILES string of the molecule is CC(C)(O)C(=O)NC(NC(=O)c1ccccc1)Oc1ccc(N)cc1. The van der Waals surface area contributed by atoms with E-state index in [1.165, 1.54) is 13.8 Å². The van der Waals surface area contributed by atoms with Crippen molar-refractivity contribution in [2.75, 3.05) is 5.73 Å². The van der Waals surface area contributed by atoms with Crippen LogP contribution in [0.5, 0.6) is 5.75 Å². The van der Waals surface area contributed by atoms with E-state index >= 15 is 0 Å². The summed E-state index contributed by atoms with van der Waals surface area (Å²) in [6.45, 7) is 2.67. The van der Waals surface area contributed by atoms with Gasteiger partial charge in [0.2, 0.25) is 0 Å². The molecular formula is C18H21N3O4. The summed E-state index contributed by atoms with van der Waals surface area (Å²) in [6, 6.07) is 15.0. The van der Waals surface area contributed by atoms with Crippen LogP contribution in [0.2, 0.25) is 0 Å². The van der Waals surface area contributed by atoms with Crippen LogP contribution in [0.25, 0.3) is 0 Å². The van der Waals surface area contributed by atoms with Crippen LogP contribution in [0.3, 0.4) is 0 Å². The zero-order valence-electron chi connectivity index (χ0n) is 14.0.